The van der Waals surface area contributed by atoms with Gasteiger partial charge >= 0.3 is 0 Å². The molecule has 1 aromatic rings. The first kappa shape index (κ1) is 7.27. The highest BCUT2D eigenvalue weighted by Gasteiger charge is 2.27. The normalized spacial score (nSPS) is 23.1. The van der Waals surface area contributed by atoms with E-state index in [9.17, 15) is 0 Å². The van der Waals surface area contributed by atoms with E-state index in [-0.39, 0.29) is 0 Å². The number of ether oxygens (including phenoxy) is 1. The lowest BCUT2D eigenvalue weighted by Gasteiger charge is -2.10. The number of rotatable bonds is 0. The van der Waals surface area contributed by atoms with E-state index in [1.54, 1.807) is 18.0 Å². The van der Waals surface area contributed by atoms with Gasteiger partial charge in [-0.15, -0.1) is 0 Å². The Morgan fingerprint density at radius 3 is 3.15 bits per heavy atom. The van der Waals surface area contributed by atoms with Crippen LogP contribution in [0.2, 0.25) is 0 Å². The standard InChI is InChI=1S/C11H8OS/c1-2-4-10-8(3-1)9-5-6-12-7-11(9)13-10/h1-7,9H. The van der Waals surface area contributed by atoms with E-state index >= 15 is 0 Å². The maximum absolute atomic E-state index is 5.15. The molecule has 1 atom stereocenters. The van der Waals surface area contributed by atoms with Crippen molar-refractivity contribution in [1.82, 2.24) is 0 Å². The summed E-state index contributed by atoms with van der Waals surface area (Å²) < 4.78 is 5.15. The molecular weight excluding hydrogens is 180 g/mol. The number of hydrogen-bond acceptors (Lipinski definition) is 2. The Hall–Kier alpha value is -1.15. The number of benzene rings is 1. The van der Waals surface area contributed by atoms with Crippen LogP contribution in [0.25, 0.3) is 0 Å². The monoisotopic (exact) mass is 188 g/mol. The van der Waals surface area contributed by atoms with Gasteiger partial charge in [0.1, 0.15) is 6.26 Å². The van der Waals surface area contributed by atoms with Crippen molar-refractivity contribution in [3.63, 3.8) is 0 Å². The van der Waals surface area contributed by atoms with Crippen LogP contribution in [0.4, 0.5) is 0 Å². The molecule has 1 aromatic carbocycles. The highest BCUT2D eigenvalue weighted by molar-refractivity contribution is 8.03. The van der Waals surface area contributed by atoms with Gasteiger partial charge in [0.2, 0.25) is 0 Å². The van der Waals surface area contributed by atoms with Crippen molar-refractivity contribution in [2.45, 2.75) is 10.8 Å². The van der Waals surface area contributed by atoms with Crippen LogP contribution in [-0.4, -0.2) is 0 Å². The van der Waals surface area contributed by atoms with Gasteiger partial charge in [0.25, 0.3) is 0 Å². The maximum atomic E-state index is 5.15. The van der Waals surface area contributed by atoms with Crippen molar-refractivity contribution in [3.8, 4) is 0 Å². The third-order valence-electron chi connectivity index (χ3n) is 2.32. The van der Waals surface area contributed by atoms with Crippen molar-refractivity contribution < 1.29 is 4.74 Å². The molecule has 2 heteroatoms. The molecule has 0 spiro atoms. The molecular formula is C11H8OS. The molecule has 0 saturated heterocycles. The minimum absolute atomic E-state index is 0.440. The predicted octanol–water partition coefficient (Wildman–Crippen LogP) is 3.26. The minimum atomic E-state index is 0.440. The molecule has 0 aromatic heterocycles. The molecule has 1 unspecified atom stereocenters. The number of thioether (sulfide) groups is 1. The lowest BCUT2D eigenvalue weighted by Crippen LogP contribution is -1.94. The first-order chi connectivity index (χ1) is 6.45. The number of allylic oxidation sites excluding steroid dienone is 2. The third-order valence-corrected chi connectivity index (χ3v) is 3.50. The first-order valence-corrected chi connectivity index (χ1v) is 5.06. The van der Waals surface area contributed by atoms with E-state index < -0.39 is 0 Å². The average molecular weight is 188 g/mol. The second kappa shape index (κ2) is 2.67. The maximum Gasteiger partial charge on any atom is 0.101 e. The molecule has 0 amide bonds. The Morgan fingerprint density at radius 2 is 2.15 bits per heavy atom. The van der Waals surface area contributed by atoms with Crippen LogP contribution in [0, 0.1) is 0 Å². The molecule has 64 valence electrons. The van der Waals surface area contributed by atoms with Crippen molar-refractivity contribution in [2.24, 2.45) is 0 Å². The van der Waals surface area contributed by atoms with Crippen LogP contribution in [0.5, 0.6) is 0 Å². The highest BCUT2D eigenvalue weighted by Crippen LogP contribution is 2.49. The molecule has 0 N–H and O–H groups in total. The van der Waals surface area contributed by atoms with E-state index in [0.29, 0.717) is 5.92 Å². The minimum Gasteiger partial charge on any atom is -0.472 e. The fraction of sp³-hybridized carbons (Fsp3) is 0.0909. The Kier molecular flexibility index (Phi) is 1.49. The molecule has 2 aliphatic rings. The van der Waals surface area contributed by atoms with Crippen molar-refractivity contribution in [3.05, 3.63) is 53.3 Å². The first-order valence-electron chi connectivity index (χ1n) is 4.24. The zero-order valence-electron chi connectivity index (χ0n) is 6.94. The number of hydrogen-bond donors (Lipinski definition) is 0. The average Bonchev–Trinajstić information content (AvgIpc) is 2.56. The Labute approximate surface area is 81.1 Å². The lowest BCUT2D eigenvalue weighted by atomic mass is 9.99. The molecule has 0 saturated carbocycles. The highest BCUT2D eigenvalue weighted by atomic mass is 32.2. The summed E-state index contributed by atoms with van der Waals surface area (Å²) in [7, 11) is 0. The topological polar surface area (TPSA) is 9.23 Å². The fourth-order valence-electron chi connectivity index (χ4n) is 1.70. The molecule has 13 heavy (non-hydrogen) atoms. The Bertz CT molecular complexity index is 406. The van der Waals surface area contributed by atoms with Gasteiger partial charge in [-0.3, -0.25) is 0 Å². The van der Waals surface area contributed by atoms with Gasteiger partial charge in [0, 0.05) is 15.7 Å². The Balaban J connectivity index is 2.16. The van der Waals surface area contributed by atoms with Crippen LogP contribution in [0.3, 0.4) is 0 Å². The summed E-state index contributed by atoms with van der Waals surface area (Å²) in [4.78, 5) is 2.65. The summed E-state index contributed by atoms with van der Waals surface area (Å²) in [5.74, 6) is 0.440. The molecule has 3 rings (SSSR count). The summed E-state index contributed by atoms with van der Waals surface area (Å²) >= 11 is 1.80. The zero-order valence-corrected chi connectivity index (χ0v) is 7.75. The van der Waals surface area contributed by atoms with Crippen molar-refractivity contribution >= 4 is 11.8 Å². The smallest absolute Gasteiger partial charge is 0.101 e. The fourth-order valence-corrected chi connectivity index (χ4v) is 2.85. The summed E-state index contributed by atoms with van der Waals surface area (Å²) in [6, 6.07) is 8.51. The quantitative estimate of drug-likeness (QED) is 0.618. The SMILES string of the molecule is C1=CC2C(=CO1)Sc1ccccc12. The number of fused-ring (bicyclic) bond motifs is 3. The second-order valence-electron chi connectivity index (χ2n) is 3.10. The lowest BCUT2D eigenvalue weighted by molar-refractivity contribution is 0.389. The van der Waals surface area contributed by atoms with Gasteiger partial charge in [0.15, 0.2) is 0 Å². The van der Waals surface area contributed by atoms with Gasteiger partial charge in [-0.25, -0.2) is 0 Å². The van der Waals surface area contributed by atoms with Gasteiger partial charge in [0.05, 0.1) is 6.26 Å². The summed E-state index contributed by atoms with van der Waals surface area (Å²) in [5, 5.41) is 0. The van der Waals surface area contributed by atoms with Gasteiger partial charge in [-0.1, -0.05) is 30.0 Å². The molecule has 2 aliphatic heterocycles. The molecule has 1 nitrogen and oxygen atoms in total. The van der Waals surface area contributed by atoms with Crippen LogP contribution in [0.1, 0.15) is 11.5 Å². The van der Waals surface area contributed by atoms with Gasteiger partial charge in [-0.2, -0.15) is 0 Å². The van der Waals surface area contributed by atoms with Crippen LogP contribution >= 0.6 is 11.8 Å². The van der Waals surface area contributed by atoms with E-state index in [4.69, 9.17) is 4.74 Å². The van der Waals surface area contributed by atoms with Crippen LogP contribution in [-0.2, 0) is 4.74 Å². The van der Waals surface area contributed by atoms with Crippen molar-refractivity contribution in [2.75, 3.05) is 0 Å². The van der Waals surface area contributed by atoms with E-state index in [1.807, 2.05) is 6.26 Å². The zero-order chi connectivity index (χ0) is 8.67. The molecule has 0 radical (unpaired) electrons. The predicted molar refractivity (Wildman–Crippen MR) is 53.3 cm³/mol. The van der Waals surface area contributed by atoms with Gasteiger partial charge in [-0.05, 0) is 17.7 Å². The summed E-state index contributed by atoms with van der Waals surface area (Å²) in [5.41, 5.74) is 1.40. The van der Waals surface area contributed by atoms with Crippen molar-refractivity contribution in [1.29, 1.82) is 0 Å². The van der Waals surface area contributed by atoms with E-state index in [0.717, 1.165) is 0 Å². The molecule has 0 aliphatic carbocycles. The molecule has 2 heterocycles. The summed E-state index contributed by atoms with van der Waals surface area (Å²) in [6.45, 7) is 0. The Morgan fingerprint density at radius 1 is 1.23 bits per heavy atom. The van der Waals surface area contributed by atoms with Gasteiger partial charge < -0.3 is 4.74 Å². The van der Waals surface area contributed by atoms with E-state index in [2.05, 4.69) is 30.3 Å². The second-order valence-corrected chi connectivity index (χ2v) is 4.22. The third kappa shape index (κ3) is 1.02. The molecule has 0 fully saturated rings. The largest absolute Gasteiger partial charge is 0.472 e. The molecule has 0 bridgehead atoms. The van der Waals surface area contributed by atoms with Crippen LogP contribution in [0.15, 0.2) is 52.7 Å². The van der Waals surface area contributed by atoms with E-state index in [1.165, 1.54) is 15.4 Å². The summed E-state index contributed by atoms with van der Waals surface area (Å²) in [6.07, 6.45) is 5.71. The van der Waals surface area contributed by atoms with Crippen LogP contribution < -0.4 is 0 Å².